The Morgan fingerprint density at radius 3 is 2.61 bits per heavy atom. The average Bonchev–Trinajstić information content (AvgIpc) is 2.82. The van der Waals surface area contributed by atoms with Crippen LogP contribution in [0.5, 0.6) is 0 Å². The number of rotatable bonds is 2. The lowest BCUT2D eigenvalue weighted by Crippen LogP contribution is -2.10. The van der Waals surface area contributed by atoms with Gasteiger partial charge in [0, 0.05) is 6.04 Å². The predicted molar refractivity (Wildman–Crippen MR) is 71.5 cm³/mol. The quantitative estimate of drug-likeness (QED) is 0.746. The zero-order chi connectivity index (χ0) is 12.5. The highest BCUT2D eigenvalue weighted by Gasteiger charge is 2.11. The highest BCUT2D eigenvalue weighted by Crippen LogP contribution is 2.22. The number of nitrogens with two attached hydrogens (primary N) is 1. The predicted octanol–water partition coefficient (Wildman–Crippen LogP) is 2.44. The molecule has 1 atom stereocenters. The van der Waals surface area contributed by atoms with Gasteiger partial charge in [0.05, 0.1) is 11.2 Å². The zero-order valence-corrected chi connectivity index (χ0v) is 10.1. The number of aromatic nitrogens is 3. The van der Waals surface area contributed by atoms with Crippen molar-refractivity contribution in [1.82, 2.24) is 15.0 Å². The maximum atomic E-state index is 6.00. The minimum atomic E-state index is -0.0378. The van der Waals surface area contributed by atoms with Gasteiger partial charge in [0.15, 0.2) is 0 Å². The third-order valence-corrected chi connectivity index (χ3v) is 3.01. The molecule has 2 N–H and O–H groups in total. The Morgan fingerprint density at radius 1 is 1.06 bits per heavy atom. The summed E-state index contributed by atoms with van der Waals surface area (Å²) in [5.41, 5.74) is 9.93. The number of fused-ring (bicyclic) bond motifs is 1. The monoisotopic (exact) mass is 238 g/mol. The van der Waals surface area contributed by atoms with Crippen LogP contribution in [0.3, 0.4) is 0 Å². The fraction of sp³-hybridized carbons (Fsp3) is 0.143. The van der Waals surface area contributed by atoms with Crippen molar-refractivity contribution < 1.29 is 0 Å². The van der Waals surface area contributed by atoms with Crippen LogP contribution < -0.4 is 5.73 Å². The SMILES string of the molecule is C[C@@H](N)c1ccccc1-n1nnc2ccccc21. The molecule has 1 aromatic heterocycles. The fourth-order valence-electron chi connectivity index (χ4n) is 2.11. The molecular formula is C14H14N4. The molecule has 3 rings (SSSR count). The van der Waals surface area contributed by atoms with E-state index in [1.54, 1.807) is 0 Å². The van der Waals surface area contributed by atoms with E-state index >= 15 is 0 Å². The summed E-state index contributed by atoms with van der Waals surface area (Å²) in [7, 11) is 0. The van der Waals surface area contributed by atoms with E-state index in [4.69, 9.17) is 5.73 Å². The van der Waals surface area contributed by atoms with Gasteiger partial charge in [-0.3, -0.25) is 0 Å². The molecule has 1 heterocycles. The van der Waals surface area contributed by atoms with E-state index in [1.807, 2.05) is 60.1 Å². The summed E-state index contributed by atoms with van der Waals surface area (Å²) in [6.45, 7) is 1.97. The molecule has 0 saturated carbocycles. The van der Waals surface area contributed by atoms with Gasteiger partial charge in [0.25, 0.3) is 0 Å². The molecule has 3 aromatic rings. The van der Waals surface area contributed by atoms with Crippen LogP contribution in [-0.2, 0) is 0 Å². The minimum Gasteiger partial charge on any atom is -0.324 e. The van der Waals surface area contributed by atoms with Crippen LogP contribution in [0.25, 0.3) is 16.7 Å². The van der Waals surface area contributed by atoms with Gasteiger partial charge in [-0.2, -0.15) is 0 Å². The van der Waals surface area contributed by atoms with Gasteiger partial charge in [-0.15, -0.1) is 5.10 Å². The van der Waals surface area contributed by atoms with E-state index in [0.29, 0.717) is 0 Å². The molecule has 0 fully saturated rings. The van der Waals surface area contributed by atoms with E-state index in [0.717, 1.165) is 22.3 Å². The molecule has 2 aromatic carbocycles. The van der Waals surface area contributed by atoms with Gasteiger partial charge in [0.1, 0.15) is 5.52 Å². The van der Waals surface area contributed by atoms with Crippen molar-refractivity contribution in [2.75, 3.05) is 0 Å². The highest BCUT2D eigenvalue weighted by atomic mass is 15.4. The Balaban J connectivity index is 2.27. The van der Waals surface area contributed by atoms with Crippen molar-refractivity contribution in [3.05, 3.63) is 54.1 Å². The molecule has 4 nitrogen and oxygen atoms in total. The van der Waals surface area contributed by atoms with Crippen molar-refractivity contribution in [2.24, 2.45) is 5.73 Å². The summed E-state index contributed by atoms with van der Waals surface area (Å²) in [6, 6.07) is 15.9. The standard InChI is InChI=1S/C14H14N4/c1-10(15)11-6-2-4-8-13(11)18-14-9-5-3-7-12(14)16-17-18/h2-10H,15H2,1H3/t10-/m1/s1. The minimum absolute atomic E-state index is 0.0378. The highest BCUT2D eigenvalue weighted by molar-refractivity contribution is 5.76. The molecular weight excluding hydrogens is 224 g/mol. The Morgan fingerprint density at radius 2 is 1.78 bits per heavy atom. The molecule has 0 saturated heterocycles. The number of hydrogen-bond acceptors (Lipinski definition) is 3. The van der Waals surface area contributed by atoms with Crippen molar-refractivity contribution in [3.63, 3.8) is 0 Å². The molecule has 0 aliphatic carbocycles. The van der Waals surface area contributed by atoms with E-state index < -0.39 is 0 Å². The third-order valence-electron chi connectivity index (χ3n) is 3.01. The Labute approximate surface area is 105 Å². The van der Waals surface area contributed by atoms with Crippen LogP contribution in [-0.4, -0.2) is 15.0 Å². The van der Waals surface area contributed by atoms with Gasteiger partial charge < -0.3 is 5.73 Å². The molecule has 0 amide bonds. The number of nitrogens with zero attached hydrogens (tertiary/aromatic N) is 3. The fourth-order valence-corrected chi connectivity index (χ4v) is 2.11. The largest absolute Gasteiger partial charge is 0.324 e. The molecule has 0 aliphatic heterocycles. The van der Waals surface area contributed by atoms with Crippen LogP contribution in [0.2, 0.25) is 0 Å². The summed E-state index contributed by atoms with van der Waals surface area (Å²) in [6.07, 6.45) is 0. The second-order valence-electron chi connectivity index (χ2n) is 4.34. The normalized spacial score (nSPS) is 12.8. The maximum absolute atomic E-state index is 6.00. The van der Waals surface area contributed by atoms with Gasteiger partial charge in [-0.05, 0) is 30.7 Å². The Bertz CT molecular complexity index is 685. The van der Waals surface area contributed by atoms with Crippen LogP contribution in [0.15, 0.2) is 48.5 Å². The molecule has 90 valence electrons. The van der Waals surface area contributed by atoms with Crippen LogP contribution in [0, 0.1) is 0 Å². The number of para-hydroxylation sites is 2. The van der Waals surface area contributed by atoms with Crippen molar-refractivity contribution in [3.8, 4) is 5.69 Å². The average molecular weight is 238 g/mol. The van der Waals surface area contributed by atoms with Crippen LogP contribution >= 0.6 is 0 Å². The molecule has 0 aliphatic rings. The molecule has 0 bridgehead atoms. The molecule has 0 spiro atoms. The number of benzene rings is 2. The summed E-state index contributed by atoms with van der Waals surface area (Å²) >= 11 is 0. The van der Waals surface area contributed by atoms with Crippen LogP contribution in [0.4, 0.5) is 0 Å². The Kier molecular flexibility index (Phi) is 2.57. The zero-order valence-electron chi connectivity index (χ0n) is 10.1. The lowest BCUT2D eigenvalue weighted by Gasteiger charge is -2.12. The molecule has 0 radical (unpaired) electrons. The van der Waals surface area contributed by atoms with Crippen LogP contribution in [0.1, 0.15) is 18.5 Å². The van der Waals surface area contributed by atoms with Crippen molar-refractivity contribution in [1.29, 1.82) is 0 Å². The first-order valence-electron chi connectivity index (χ1n) is 5.92. The topological polar surface area (TPSA) is 56.7 Å². The first-order valence-corrected chi connectivity index (χ1v) is 5.92. The lowest BCUT2D eigenvalue weighted by atomic mass is 10.1. The second-order valence-corrected chi connectivity index (χ2v) is 4.34. The summed E-state index contributed by atoms with van der Waals surface area (Å²) in [5.74, 6) is 0. The smallest absolute Gasteiger partial charge is 0.113 e. The summed E-state index contributed by atoms with van der Waals surface area (Å²) in [4.78, 5) is 0. The van der Waals surface area contributed by atoms with Gasteiger partial charge >= 0.3 is 0 Å². The second kappa shape index (κ2) is 4.23. The first-order chi connectivity index (χ1) is 8.77. The van der Waals surface area contributed by atoms with Crippen molar-refractivity contribution in [2.45, 2.75) is 13.0 Å². The number of hydrogen-bond donors (Lipinski definition) is 1. The maximum Gasteiger partial charge on any atom is 0.113 e. The van der Waals surface area contributed by atoms with Gasteiger partial charge in [-0.25, -0.2) is 4.68 Å². The van der Waals surface area contributed by atoms with E-state index in [1.165, 1.54) is 0 Å². The third kappa shape index (κ3) is 1.67. The van der Waals surface area contributed by atoms with Gasteiger partial charge in [-0.1, -0.05) is 35.5 Å². The van der Waals surface area contributed by atoms with E-state index in [-0.39, 0.29) is 6.04 Å². The summed E-state index contributed by atoms with van der Waals surface area (Å²) < 4.78 is 1.84. The molecule has 18 heavy (non-hydrogen) atoms. The summed E-state index contributed by atoms with van der Waals surface area (Å²) in [5, 5.41) is 8.39. The van der Waals surface area contributed by atoms with E-state index in [2.05, 4.69) is 10.3 Å². The van der Waals surface area contributed by atoms with E-state index in [9.17, 15) is 0 Å². The molecule has 4 heteroatoms. The van der Waals surface area contributed by atoms with Gasteiger partial charge in [0.2, 0.25) is 0 Å². The lowest BCUT2D eigenvalue weighted by molar-refractivity contribution is 0.767. The molecule has 0 unspecified atom stereocenters. The Hall–Kier alpha value is -2.20. The van der Waals surface area contributed by atoms with Crippen molar-refractivity contribution >= 4 is 11.0 Å². The first kappa shape index (κ1) is 10.9.